The second-order valence-corrected chi connectivity index (χ2v) is 10.4. The second kappa shape index (κ2) is 13.4. The number of nitrogens with one attached hydrogen (secondary N) is 1. The van der Waals surface area contributed by atoms with Crippen LogP contribution in [0.25, 0.3) is 0 Å². The van der Waals surface area contributed by atoms with Crippen LogP contribution in [-0.4, -0.2) is 65.2 Å². The summed E-state index contributed by atoms with van der Waals surface area (Å²) in [5, 5.41) is 43.7. The van der Waals surface area contributed by atoms with Gasteiger partial charge in [0.2, 0.25) is 5.75 Å². The zero-order valence-electron chi connectivity index (χ0n) is 22.3. The molecule has 1 heterocycles. The van der Waals surface area contributed by atoms with Gasteiger partial charge in [-0.15, -0.1) is 0 Å². The van der Waals surface area contributed by atoms with Gasteiger partial charge in [-0.25, -0.2) is 0 Å². The normalized spacial score (nSPS) is 22.8. The minimum absolute atomic E-state index is 0.0116. The van der Waals surface area contributed by atoms with Crippen molar-refractivity contribution in [1.29, 1.82) is 0 Å². The molecule has 9 heteroatoms. The summed E-state index contributed by atoms with van der Waals surface area (Å²) in [5.41, 5.74) is 1.79. The first-order valence-corrected chi connectivity index (χ1v) is 13.6. The van der Waals surface area contributed by atoms with E-state index >= 15 is 0 Å². The van der Waals surface area contributed by atoms with E-state index in [0.29, 0.717) is 49.5 Å². The van der Waals surface area contributed by atoms with E-state index in [1.165, 1.54) is 7.11 Å². The van der Waals surface area contributed by atoms with Crippen molar-refractivity contribution < 1.29 is 39.4 Å². The van der Waals surface area contributed by atoms with Crippen LogP contribution in [0, 0.1) is 0 Å². The summed E-state index contributed by atoms with van der Waals surface area (Å²) in [6.07, 6.45) is 5.06. The third-order valence-corrected chi connectivity index (χ3v) is 7.18. The average molecular weight is 532 g/mol. The second-order valence-electron chi connectivity index (χ2n) is 10.4. The lowest BCUT2D eigenvalue weighted by Crippen LogP contribution is -2.31. The predicted octanol–water partition coefficient (Wildman–Crippen LogP) is 3.95. The highest BCUT2D eigenvalue weighted by atomic mass is 16.5. The molecule has 0 aromatic heterocycles. The molecular weight excluding hydrogens is 490 g/mol. The number of aliphatic hydroxyl groups excluding tert-OH is 2. The summed E-state index contributed by atoms with van der Waals surface area (Å²) in [4.78, 5) is 0. The standard InChI is InChI=1S/C29H41NO8/c1-18(31)16-30-17-36-26-11-19(8-10-24(26)33)7-9-23-14-21(32)15-25(38-23)20-12-27(35-2)29(34)28(13-20)37-22-5-3-4-6-22/h8,10-13,18,21-23,25,30-34H,3-7,9,14-17H2,1-2H3/t18-,21-,23+,25-/m0/s1. The molecule has 2 aromatic carbocycles. The minimum atomic E-state index is -0.517. The molecular formula is C29H41NO8. The van der Waals surface area contributed by atoms with Crippen LogP contribution in [0.15, 0.2) is 30.3 Å². The van der Waals surface area contributed by atoms with E-state index in [4.69, 9.17) is 18.9 Å². The van der Waals surface area contributed by atoms with E-state index in [9.17, 15) is 20.4 Å². The lowest BCUT2D eigenvalue weighted by Gasteiger charge is -2.34. The highest BCUT2D eigenvalue weighted by Gasteiger charge is 2.31. The van der Waals surface area contributed by atoms with Crippen molar-refractivity contribution in [3.63, 3.8) is 0 Å². The maximum Gasteiger partial charge on any atom is 0.200 e. The van der Waals surface area contributed by atoms with Crippen molar-refractivity contribution in [3.05, 3.63) is 41.5 Å². The number of phenols is 2. The molecule has 4 rings (SSSR count). The first-order chi connectivity index (χ1) is 18.3. The molecule has 0 amide bonds. The zero-order chi connectivity index (χ0) is 27.1. The summed E-state index contributed by atoms with van der Waals surface area (Å²) in [7, 11) is 1.51. The smallest absolute Gasteiger partial charge is 0.200 e. The molecule has 2 aromatic rings. The summed E-state index contributed by atoms with van der Waals surface area (Å²) in [6, 6.07) is 8.82. The highest BCUT2D eigenvalue weighted by molar-refractivity contribution is 5.53. The van der Waals surface area contributed by atoms with Crippen molar-refractivity contribution in [2.75, 3.05) is 20.4 Å². The Morgan fingerprint density at radius 1 is 1.05 bits per heavy atom. The lowest BCUT2D eigenvalue weighted by molar-refractivity contribution is -0.0999. The molecule has 4 atom stereocenters. The van der Waals surface area contributed by atoms with Gasteiger partial charge < -0.3 is 39.4 Å². The monoisotopic (exact) mass is 531 g/mol. The average Bonchev–Trinajstić information content (AvgIpc) is 3.40. The number of phenolic OH excluding ortho intramolecular Hbond substituents is 2. The maximum atomic E-state index is 10.7. The van der Waals surface area contributed by atoms with E-state index < -0.39 is 12.2 Å². The van der Waals surface area contributed by atoms with E-state index in [2.05, 4.69) is 5.32 Å². The van der Waals surface area contributed by atoms with Crippen LogP contribution in [0.2, 0.25) is 0 Å². The third kappa shape index (κ3) is 7.66. The number of methoxy groups -OCH3 is 1. The minimum Gasteiger partial charge on any atom is -0.504 e. The fourth-order valence-electron chi connectivity index (χ4n) is 5.16. The van der Waals surface area contributed by atoms with Gasteiger partial charge in [-0.2, -0.15) is 0 Å². The molecule has 1 saturated carbocycles. The van der Waals surface area contributed by atoms with Crippen molar-refractivity contribution in [2.24, 2.45) is 0 Å². The van der Waals surface area contributed by atoms with Gasteiger partial charge in [0.25, 0.3) is 0 Å². The number of aliphatic hydroxyl groups is 2. The molecule has 210 valence electrons. The summed E-state index contributed by atoms with van der Waals surface area (Å²) in [5.74, 6) is 1.13. The van der Waals surface area contributed by atoms with Crippen molar-refractivity contribution in [2.45, 2.75) is 88.8 Å². The van der Waals surface area contributed by atoms with Gasteiger partial charge in [0.05, 0.1) is 37.6 Å². The molecule has 0 unspecified atom stereocenters. The van der Waals surface area contributed by atoms with Gasteiger partial charge in [-0.05, 0) is 87.3 Å². The van der Waals surface area contributed by atoms with E-state index in [1.54, 1.807) is 25.1 Å². The van der Waals surface area contributed by atoms with Crippen LogP contribution in [0.5, 0.6) is 28.7 Å². The van der Waals surface area contributed by atoms with Crippen molar-refractivity contribution in [3.8, 4) is 28.7 Å². The molecule has 0 radical (unpaired) electrons. The zero-order valence-corrected chi connectivity index (χ0v) is 22.3. The Balaban J connectivity index is 1.39. The molecule has 1 aliphatic carbocycles. The largest absolute Gasteiger partial charge is 0.504 e. The van der Waals surface area contributed by atoms with Crippen LogP contribution >= 0.6 is 0 Å². The summed E-state index contributed by atoms with van der Waals surface area (Å²) >= 11 is 0. The van der Waals surface area contributed by atoms with Gasteiger partial charge >= 0.3 is 0 Å². The highest BCUT2D eigenvalue weighted by Crippen LogP contribution is 2.43. The summed E-state index contributed by atoms with van der Waals surface area (Å²) < 4.78 is 23.6. The Kier molecular flexibility index (Phi) is 9.96. The Bertz CT molecular complexity index is 1040. The van der Waals surface area contributed by atoms with Crippen LogP contribution in [-0.2, 0) is 11.2 Å². The number of aryl methyl sites for hydroxylation is 1. The molecule has 0 bridgehead atoms. The molecule has 1 saturated heterocycles. The lowest BCUT2D eigenvalue weighted by atomic mass is 9.93. The number of benzene rings is 2. The number of rotatable bonds is 12. The fourth-order valence-corrected chi connectivity index (χ4v) is 5.16. The van der Waals surface area contributed by atoms with Crippen LogP contribution in [0.4, 0.5) is 0 Å². The molecule has 2 aliphatic rings. The molecule has 5 N–H and O–H groups in total. The maximum absolute atomic E-state index is 10.7. The number of hydrogen-bond acceptors (Lipinski definition) is 9. The van der Waals surface area contributed by atoms with Crippen LogP contribution in [0.3, 0.4) is 0 Å². The third-order valence-electron chi connectivity index (χ3n) is 7.18. The van der Waals surface area contributed by atoms with Crippen molar-refractivity contribution >= 4 is 0 Å². The SMILES string of the molecule is COc1cc([C@@H]2C[C@@H](O)C[C@@H](CCc3ccc(O)c(OCNC[C@H](C)O)c3)O2)cc(OC2CCCC2)c1O. The molecule has 1 aliphatic heterocycles. The van der Waals surface area contributed by atoms with E-state index in [-0.39, 0.29) is 36.5 Å². The van der Waals surface area contributed by atoms with Gasteiger partial charge in [0, 0.05) is 13.0 Å². The fraction of sp³-hybridized carbons (Fsp3) is 0.586. The van der Waals surface area contributed by atoms with E-state index in [1.807, 2.05) is 12.1 Å². The van der Waals surface area contributed by atoms with Crippen LogP contribution < -0.4 is 19.5 Å². The molecule has 0 spiro atoms. The van der Waals surface area contributed by atoms with Gasteiger partial charge in [0.1, 0.15) is 6.73 Å². The Labute approximate surface area is 224 Å². The first kappa shape index (κ1) is 28.3. The molecule has 38 heavy (non-hydrogen) atoms. The predicted molar refractivity (Wildman–Crippen MR) is 142 cm³/mol. The van der Waals surface area contributed by atoms with Crippen LogP contribution in [0.1, 0.15) is 69.1 Å². The molecule has 2 fully saturated rings. The number of hydrogen-bond donors (Lipinski definition) is 5. The van der Waals surface area contributed by atoms with Gasteiger partial charge in [-0.1, -0.05) is 6.07 Å². The van der Waals surface area contributed by atoms with E-state index in [0.717, 1.165) is 36.8 Å². The number of aromatic hydroxyl groups is 2. The topological polar surface area (TPSA) is 130 Å². The first-order valence-electron chi connectivity index (χ1n) is 13.6. The van der Waals surface area contributed by atoms with Crippen molar-refractivity contribution in [1.82, 2.24) is 5.32 Å². The Morgan fingerprint density at radius 3 is 2.55 bits per heavy atom. The Morgan fingerprint density at radius 2 is 1.82 bits per heavy atom. The van der Waals surface area contributed by atoms with Gasteiger partial charge in [0.15, 0.2) is 23.0 Å². The quantitative estimate of drug-likeness (QED) is 0.204. The Hall–Kier alpha value is -2.72. The summed E-state index contributed by atoms with van der Waals surface area (Å²) in [6.45, 7) is 2.25. The number of ether oxygens (including phenoxy) is 4. The molecule has 9 nitrogen and oxygen atoms in total. The van der Waals surface area contributed by atoms with Gasteiger partial charge in [-0.3, -0.25) is 5.32 Å².